The van der Waals surface area contributed by atoms with Gasteiger partial charge >= 0.3 is 0 Å². The maximum atomic E-state index is 9.71. The van der Waals surface area contributed by atoms with Crippen LogP contribution in [0.4, 0.5) is 0 Å². The highest BCUT2D eigenvalue weighted by Crippen LogP contribution is 2.43. The molecule has 1 heterocycles. The predicted octanol–water partition coefficient (Wildman–Crippen LogP) is 12.0. The Kier molecular flexibility index (Phi) is 5.38. The van der Waals surface area contributed by atoms with Gasteiger partial charge in [-0.3, -0.25) is 0 Å². The van der Waals surface area contributed by atoms with Crippen LogP contribution in [0.25, 0.3) is 92.8 Å². The van der Waals surface area contributed by atoms with Gasteiger partial charge in [-0.1, -0.05) is 121 Å². The zero-order valence-corrected chi connectivity index (χ0v) is 25.4. The third kappa shape index (κ3) is 3.78. The molecular weight excluding hydrogens is 569 g/mol. The minimum Gasteiger partial charge on any atom is -0.309 e. The molecule has 0 radical (unpaired) electrons. The molecule has 0 fully saturated rings. The summed E-state index contributed by atoms with van der Waals surface area (Å²) in [6.45, 7) is 0. The Morgan fingerprint density at radius 3 is 1.64 bits per heavy atom. The van der Waals surface area contributed by atoms with Crippen molar-refractivity contribution in [3.8, 4) is 34.0 Å². The molecule has 0 aliphatic rings. The SMILES string of the molecule is N#Cc1ccc2c3ccc(-c4ccc5ccc6c(-c7ccc8ccccc8c7)ccc7ccc4c5c76)cc3n(-c3ccccc3)c2c1. The van der Waals surface area contributed by atoms with Crippen molar-refractivity contribution in [2.75, 3.05) is 0 Å². The highest BCUT2D eigenvalue weighted by molar-refractivity contribution is 6.28. The van der Waals surface area contributed by atoms with E-state index in [-0.39, 0.29) is 0 Å². The molecule has 1 aromatic heterocycles. The van der Waals surface area contributed by atoms with Gasteiger partial charge in [0.2, 0.25) is 0 Å². The lowest BCUT2D eigenvalue weighted by molar-refractivity contribution is 1.18. The lowest BCUT2D eigenvalue weighted by atomic mass is 9.87. The van der Waals surface area contributed by atoms with E-state index < -0.39 is 0 Å². The summed E-state index contributed by atoms with van der Waals surface area (Å²) < 4.78 is 2.29. The molecule has 0 aliphatic carbocycles. The average Bonchev–Trinajstić information content (AvgIpc) is 3.46. The van der Waals surface area contributed by atoms with E-state index in [9.17, 15) is 5.26 Å². The second-order valence-electron chi connectivity index (χ2n) is 12.5. The minimum atomic E-state index is 0.660. The maximum Gasteiger partial charge on any atom is 0.0992 e. The van der Waals surface area contributed by atoms with Gasteiger partial charge in [-0.2, -0.15) is 5.26 Å². The Bertz CT molecular complexity index is 2900. The number of rotatable bonds is 3. The van der Waals surface area contributed by atoms with Gasteiger partial charge in [0.25, 0.3) is 0 Å². The van der Waals surface area contributed by atoms with Crippen LogP contribution >= 0.6 is 0 Å². The molecule has 0 unspecified atom stereocenters. The fourth-order valence-corrected chi connectivity index (χ4v) is 7.77. The highest BCUT2D eigenvalue weighted by Gasteiger charge is 2.18. The van der Waals surface area contributed by atoms with Crippen LogP contribution in [0.1, 0.15) is 5.56 Å². The molecule has 9 aromatic carbocycles. The number of para-hydroxylation sites is 1. The van der Waals surface area contributed by atoms with Crippen molar-refractivity contribution in [2.45, 2.75) is 0 Å². The molecule has 0 N–H and O–H groups in total. The summed E-state index contributed by atoms with van der Waals surface area (Å²) in [4.78, 5) is 0. The Hall–Kier alpha value is -6.43. The van der Waals surface area contributed by atoms with Gasteiger partial charge in [0.1, 0.15) is 0 Å². The van der Waals surface area contributed by atoms with Crippen LogP contribution < -0.4 is 0 Å². The van der Waals surface area contributed by atoms with E-state index in [1.807, 2.05) is 18.2 Å². The van der Waals surface area contributed by atoms with Gasteiger partial charge in [-0.25, -0.2) is 0 Å². The normalized spacial score (nSPS) is 11.8. The zero-order chi connectivity index (χ0) is 31.1. The van der Waals surface area contributed by atoms with E-state index in [4.69, 9.17) is 0 Å². The molecule has 0 aliphatic heterocycles. The smallest absolute Gasteiger partial charge is 0.0992 e. The minimum absolute atomic E-state index is 0.660. The molecular formula is C45H26N2. The second kappa shape index (κ2) is 9.78. The number of nitrogens with zero attached hydrogens (tertiary/aromatic N) is 2. The molecule has 0 saturated heterocycles. The van der Waals surface area contributed by atoms with Crippen LogP contribution in [0, 0.1) is 11.3 Å². The van der Waals surface area contributed by atoms with Crippen LogP contribution in [0.3, 0.4) is 0 Å². The molecule has 216 valence electrons. The lowest BCUT2D eigenvalue weighted by Crippen LogP contribution is -1.94. The average molecular weight is 595 g/mol. The molecule has 0 spiro atoms. The highest BCUT2D eigenvalue weighted by atomic mass is 15.0. The Balaban J connectivity index is 1.23. The second-order valence-corrected chi connectivity index (χ2v) is 12.5. The summed E-state index contributed by atoms with van der Waals surface area (Å²) in [5.74, 6) is 0. The van der Waals surface area contributed by atoms with Gasteiger partial charge in [-0.15, -0.1) is 0 Å². The van der Waals surface area contributed by atoms with Crippen LogP contribution in [-0.4, -0.2) is 4.57 Å². The van der Waals surface area contributed by atoms with Gasteiger partial charge in [0.05, 0.1) is 22.7 Å². The van der Waals surface area contributed by atoms with Crippen molar-refractivity contribution in [3.63, 3.8) is 0 Å². The van der Waals surface area contributed by atoms with Crippen LogP contribution in [0.15, 0.2) is 158 Å². The summed E-state index contributed by atoms with van der Waals surface area (Å²) in [7, 11) is 0. The molecule has 0 atom stereocenters. The quantitative estimate of drug-likeness (QED) is 0.187. The monoisotopic (exact) mass is 594 g/mol. The first-order valence-corrected chi connectivity index (χ1v) is 16.0. The number of hydrogen-bond donors (Lipinski definition) is 0. The molecule has 0 amide bonds. The molecule has 10 rings (SSSR count). The molecule has 0 saturated carbocycles. The summed E-state index contributed by atoms with van der Waals surface area (Å²) in [6.07, 6.45) is 0. The molecule has 0 bridgehead atoms. The maximum absolute atomic E-state index is 9.71. The van der Waals surface area contributed by atoms with Crippen molar-refractivity contribution in [1.82, 2.24) is 4.57 Å². The number of benzene rings is 9. The van der Waals surface area contributed by atoms with E-state index in [1.165, 1.54) is 70.7 Å². The lowest BCUT2D eigenvalue weighted by Gasteiger charge is -2.17. The van der Waals surface area contributed by atoms with E-state index >= 15 is 0 Å². The van der Waals surface area contributed by atoms with Crippen LogP contribution in [-0.2, 0) is 0 Å². The summed E-state index contributed by atoms with van der Waals surface area (Å²) >= 11 is 0. The first-order chi connectivity index (χ1) is 23.2. The Labute approximate surface area is 271 Å². The standard InChI is InChI=1S/C45H26N2/c46-27-28-10-18-38-39-21-17-34(26-43(39)47(42(38)24-28)35-8-2-1-3-9-35)37-20-14-31-15-22-40-36(19-13-30-16-23-41(37)45(31)44(30)40)33-12-11-29-6-4-5-7-32(29)25-33/h1-26H. The molecule has 2 nitrogen and oxygen atoms in total. The van der Waals surface area contributed by atoms with Crippen LogP contribution in [0.2, 0.25) is 0 Å². The summed E-state index contributed by atoms with van der Waals surface area (Å²) in [6, 6.07) is 59.2. The molecule has 10 aromatic rings. The number of nitriles is 1. The first kappa shape index (κ1) is 25.9. The number of fused-ring (bicyclic) bond motifs is 4. The van der Waals surface area contributed by atoms with E-state index in [2.05, 4.69) is 150 Å². The third-order valence-corrected chi connectivity index (χ3v) is 9.95. The van der Waals surface area contributed by atoms with Gasteiger partial charge in [0.15, 0.2) is 0 Å². The van der Waals surface area contributed by atoms with Gasteiger partial charge < -0.3 is 4.57 Å². The number of aromatic nitrogens is 1. The summed E-state index contributed by atoms with van der Waals surface area (Å²) in [5.41, 5.74) is 8.79. The Morgan fingerprint density at radius 2 is 0.936 bits per heavy atom. The fraction of sp³-hybridized carbons (Fsp3) is 0. The topological polar surface area (TPSA) is 28.7 Å². The Morgan fingerprint density at radius 1 is 0.404 bits per heavy atom. The van der Waals surface area contributed by atoms with E-state index in [0.717, 1.165) is 22.1 Å². The van der Waals surface area contributed by atoms with Crippen molar-refractivity contribution < 1.29 is 0 Å². The van der Waals surface area contributed by atoms with Crippen molar-refractivity contribution >= 4 is 64.9 Å². The fourth-order valence-electron chi connectivity index (χ4n) is 7.77. The first-order valence-electron chi connectivity index (χ1n) is 16.0. The number of hydrogen-bond acceptors (Lipinski definition) is 1. The van der Waals surface area contributed by atoms with E-state index in [0.29, 0.717) is 5.56 Å². The largest absolute Gasteiger partial charge is 0.309 e. The van der Waals surface area contributed by atoms with Gasteiger partial charge in [-0.05, 0) is 102 Å². The van der Waals surface area contributed by atoms with E-state index in [1.54, 1.807) is 0 Å². The molecule has 2 heteroatoms. The van der Waals surface area contributed by atoms with Crippen molar-refractivity contribution in [1.29, 1.82) is 5.26 Å². The summed E-state index contributed by atoms with van der Waals surface area (Å²) in [5, 5.41) is 22.2. The zero-order valence-electron chi connectivity index (χ0n) is 25.4. The third-order valence-electron chi connectivity index (χ3n) is 9.95. The predicted molar refractivity (Wildman–Crippen MR) is 198 cm³/mol. The van der Waals surface area contributed by atoms with Gasteiger partial charge in [0, 0.05) is 16.5 Å². The van der Waals surface area contributed by atoms with Crippen molar-refractivity contribution in [3.05, 3.63) is 163 Å². The van der Waals surface area contributed by atoms with Crippen LogP contribution in [0.5, 0.6) is 0 Å². The van der Waals surface area contributed by atoms with Crippen molar-refractivity contribution in [2.24, 2.45) is 0 Å². The molecule has 47 heavy (non-hydrogen) atoms.